The van der Waals surface area contributed by atoms with Gasteiger partial charge in [0.05, 0.1) is 0 Å². The van der Waals surface area contributed by atoms with Crippen LogP contribution in [0.2, 0.25) is 0 Å². The number of hydrogen-bond acceptors (Lipinski definition) is 2. The Morgan fingerprint density at radius 1 is 1.39 bits per heavy atom. The van der Waals surface area contributed by atoms with Crippen molar-refractivity contribution in [3.05, 3.63) is 29.6 Å². The minimum atomic E-state index is -0.173. The highest BCUT2D eigenvalue weighted by molar-refractivity contribution is 9.08. The van der Waals surface area contributed by atoms with E-state index in [2.05, 4.69) is 27.9 Å². The summed E-state index contributed by atoms with van der Waals surface area (Å²) in [6.07, 6.45) is 2.24. The zero-order valence-corrected chi connectivity index (χ0v) is 12.2. The van der Waals surface area contributed by atoms with Gasteiger partial charge in [0.15, 0.2) is 0 Å². The van der Waals surface area contributed by atoms with Gasteiger partial charge in [-0.2, -0.15) is 0 Å². The molecule has 2 rings (SSSR count). The summed E-state index contributed by atoms with van der Waals surface area (Å²) in [5, 5.41) is 0.679. The fourth-order valence-corrected chi connectivity index (χ4v) is 2.90. The molecule has 0 aliphatic carbocycles. The first-order valence-corrected chi connectivity index (χ1v) is 7.46. The Morgan fingerprint density at radius 2 is 2.11 bits per heavy atom. The molecule has 1 fully saturated rings. The van der Waals surface area contributed by atoms with E-state index in [1.807, 2.05) is 6.07 Å². The minimum Gasteiger partial charge on any atom is -0.381 e. The molecule has 0 unspecified atom stereocenters. The summed E-state index contributed by atoms with van der Waals surface area (Å²) in [5.41, 5.74) is 2.12. The quantitative estimate of drug-likeness (QED) is 0.787. The smallest absolute Gasteiger partial charge is 0.123 e. The summed E-state index contributed by atoms with van der Waals surface area (Å²) in [5.74, 6) is 0.504. The summed E-state index contributed by atoms with van der Waals surface area (Å²) >= 11 is 3.42. The second-order valence-corrected chi connectivity index (χ2v) is 5.40. The van der Waals surface area contributed by atoms with Gasteiger partial charge >= 0.3 is 0 Å². The number of ether oxygens (including phenoxy) is 1. The number of anilines is 1. The van der Waals surface area contributed by atoms with Crippen LogP contribution in [0.3, 0.4) is 0 Å². The lowest BCUT2D eigenvalue weighted by Gasteiger charge is -2.29. The maximum Gasteiger partial charge on any atom is 0.123 e. The Kier molecular flexibility index (Phi) is 5.01. The van der Waals surface area contributed by atoms with Crippen LogP contribution in [0, 0.1) is 11.7 Å². The van der Waals surface area contributed by atoms with Crippen molar-refractivity contribution in [3.8, 4) is 0 Å². The van der Waals surface area contributed by atoms with Crippen molar-refractivity contribution in [2.75, 3.05) is 31.7 Å². The SMILES string of the molecule is CN(CC1CCOCC1)c1ccc(F)cc1CBr. The minimum absolute atomic E-state index is 0.173. The van der Waals surface area contributed by atoms with Crippen LogP contribution in [0.4, 0.5) is 10.1 Å². The molecule has 0 radical (unpaired) electrons. The number of benzene rings is 1. The maximum absolute atomic E-state index is 13.2. The molecular weight excluding hydrogens is 297 g/mol. The Balaban J connectivity index is 2.05. The largest absolute Gasteiger partial charge is 0.381 e. The molecule has 0 N–H and O–H groups in total. The van der Waals surface area contributed by atoms with E-state index < -0.39 is 0 Å². The van der Waals surface area contributed by atoms with Crippen molar-refractivity contribution in [2.24, 2.45) is 5.92 Å². The Hall–Kier alpha value is -0.610. The number of nitrogens with zero attached hydrogens (tertiary/aromatic N) is 1. The first-order valence-electron chi connectivity index (χ1n) is 6.34. The summed E-state index contributed by atoms with van der Waals surface area (Å²) in [6, 6.07) is 5.00. The summed E-state index contributed by atoms with van der Waals surface area (Å²) in [6.45, 7) is 2.75. The van der Waals surface area contributed by atoms with Gasteiger partial charge < -0.3 is 9.64 Å². The van der Waals surface area contributed by atoms with E-state index in [0.29, 0.717) is 11.2 Å². The maximum atomic E-state index is 13.2. The topological polar surface area (TPSA) is 12.5 Å². The molecule has 18 heavy (non-hydrogen) atoms. The van der Waals surface area contributed by atoms with Crippen molar-refractivity contribution >= 4 is 21.6 Å². The van der Waals surface area contributed by atoms with Crippen molar-refractivity contribution in [3.63, 3.8) is 0 Å². The first-order chi connectivity index (χ1) is 8.70. The van der Waals surface area contributed by atoms with Crippen LogP contribution in [0.25, 0.3) is 0 Å². The van der Waals surface area contributed by atoms with E-state index in [4.69, 9.17) is 4.74 Å². The van der Waals surface area contributed by atoms with Crippen LogP contribution in [0.15, 0.2) is 18.2 Å². The Bertz CT molecular complexity index is 393. The lowest BCUT2D eigenvalue weighted by molar-refractivity contribution is 0.0685. The summed E-state index contributed by atoms with van der Waals surface area (Å²) in [7, 11) is 2.08. The van der Waals surface area contributed by atoms with Gasteiger partial charge in [-0.15, -0.1) is 0 Å². The highest BCUT2D eigenvalue weighted by atomic mass is 79.9. The zero-order valence-electron chi connectivity index (χ0n) is 10.7. The molecule has 1 heterocycles. The van der Waals surface area contributed by atoms with E-state index in [0.717, 1.165) is 43.9 Å². The highest BCUT2D eigenvalue weighted by Gasteiger charge is 2.17. The lowest BCUT2D eigenvalue weighted by atomic mass is 9.99. The molecule has 100 valence electrons. The number of rotatable bonds is 4. The molecule has 1 saturated heterocycles. The molecule has 2 nitrogen and oxygen atoms in total. The average molecular weight is 316 g/mol. The van der Waals surface area contributed by atoms with Gasteiger partial charge in [0, 0.05) is 37.8 Å². The van der Waals surface area contributed by atoms with Crippen molar-refractivity contribution in [1.82, 2.24) is 0 Å². The van der Waals surface area contributed by atoms with Gasteiger partial charge in [0.25, 0.3) is 0 Å². The monoisotopic (exact) mass is 315 g/mol. The second-order valence-electron chi connectivity index (χ2n) is 4.84. The first kappa shape index (κ1) is 13.8. The van der Waals surface area contributed by atoms with E-state index >= 15 is 0 Å². The third-order valence-electron chi connectivity index (χ3n) is 3.47. The van der Waals surface area contributed by atoms with Gasteiger partial charge in [-0.3, -0.25) is 0 Å². The van der Waals surface area contributed by atoms with Gasteiger partial charge in [-0.25, -0.2) is 4.39 Å². The van der Waals surface area contributed by atoms with Gasteiger partial charge in [0.1, 0.15) is 5.82 Å². The predicted octanol–water partition coefficient (Wildman–Crippen LogP) is 3.58. The molecule has 1 aliphatic rings. The molecule has 0 amide bonds. The highest BCUT2D eigenvalue weighted by Crippen LogP contribution is 2.25. The summed E-state index contributed by atoms with van der Waals surface area (Å²) in [4.78, 5) is 2.23. The van der Waals surface area contributed by atoms with Crippen LogP contribution in [-0.4, -0.2) is 26.8 Å². The van der Waals surface area contributed by atoms with Crippen LogP contribution < -0.4 is 4.90 Å². The predicted molar refractivity (Wildman–Crippen MR) is 75.8 cm³/mol. The molecule has 1 aromatic carbocycles. The van der Waals surface area contributed by atoms with Crippen LogP contribution in [-0.2, 0) is 10.1 Å². The molecule has 0 bridgehead atoms. The van der Waals surface area contributed by atoms with Crippen LogP contribution in [0.5, 0.6) is 0 Å². The molecule has 0 saturated carbocycles. The number of halogens is 2. The average Bonchev–Trinajstić information content (AvgIpc) is 2.39. The number of hydrogen-bond donors (Lipinski definition) is 0. The molecule has 1 aliphatic heterocycles. The molecule has 0 spiro atoms. The third-order valence-corrected chi connectivity index (χ3v) is 4.07. The second kappa shape index (κ2) is 6.53. The van der Waals surface area contributed by atoms with Gasteiger partial charge in [0.2, 0.25) is 0 Å². The molecule has 0 atom stereocenters. The van der Waals surface area contributed by atoms with Gasteiger partial charge in [-0.1, -0.05) is 15.9 Å². The normalized spacial score (nSPS) is 16.8. The molecule has 4 heteroatoms. The zero-order chi connectivity index (χ0) is 13.0. The number of alkyl halides is 1. The molecule has 0 aromatic heterocycles. The molecule has 1 aromatic rings. The van der Waals surface area contributed by atoms with Crippen molar-refractivity contribution < 1.29 is 9.13 Å². The van der Waals surface area contributed by atoms with E-state index in [9.17, 15) is 4.39 Å². The van der Waals surface area contributed by atoms with E-state index in [1.54, 1.807) is 6.07 Å². The van der Waals surface area contributed by atoms with E-state index in [1.165, 1.54) is 6.07 Å². The van der Waals surface area contributed by atoms with Crippen LogP contribution in [0.1, 0.15) is 18.4 Å². The third kappa shape index (κ3) is 3.45. The standard InChI is InChI=1S/C14H19BrFNO/c1-17(10-11-4-6-18-7-5-11)14-3-2-13(16)8-12(14)9-15/h2-3,8,11H,4-7,9-10H2,1H3. The fraction of sp³-hybridized carbons (Fsp3) is 0.571. The Labute approximate surface area is 116 Å². The Morgan fingerprint density at radius 3 is 2.78 bits per heavy atom. The summed E-state index contributed by atoms with van der Waals surface area (Å²) < 4.78 is 18.6. The fourth-order valence-electron chi connectivity index (χ4n) is 2.45. The van der Waals surface area contributed by atoms with Crippen molar-refractivity contribution in [2.45, 2.75) is 18.2 Å². The van der Waals surface area contributed by atoms with E-state index in [-0.39, 0.29) is 5.82 Å². The lowest BCUT2D eigenvalue weighted by Crippen LogP contribution is -2.30. The van der Waals surface area contributed by atoms with Gasteiger partial charge in [-0.05, 0) is 42.5 Å². The van der Waals surface area contributed by atoms with Crippen LogP contribution >= 0.6 is 15.9 Å². The molecular formula is C14H19BrFNO. The van der Waals surface area contributed by atoms with Crippen molar-refractivity contribution in [1.29, 1.82) is 0 Å².